The molecule has 0 amide bonds. The second-order valence-electron chi connectivity index (χ2n) is 12.3. The van der Waals surface area contributed by atoms with Crippen LogP contribution in [0, 0.1) is 0 Å². The minimum Gasteiger partial charge on any atom is -0.278 e. The van der Waals surface area contributed by atoms with Crippen molar-refractivity contribution >= 4 is 32.6 Å². The Morgan fingerprint density at radius 3 is 1.86 bits per heavy atom. The lowest BCUT2D eigenvalue weighted by Gasteiger charge is -2.21. The molecular weight excluding hydrogens is 534 g/mol. The molecule has 2 heterocycles. The summed E-state index contributed by atoms with van der Waals surface area (Å²) in [4.78, 5) is 10.5. The highest BCUT2D eigenvalue weighted by Crippen LogP contribution is 2.51. The smallest absolute Gasteiger partial charge is 0.235 e. The number of rotatable bonds is 3. The Kier molecular flexibility index (Phi) is 5.24. The molecule has 208 valence electrons. The van der Waals surface area contributed by atoms with Gasteiger partial charge >= 0.3 is 0 Å². The van der Waals surface area contributed by atoms with E-state index in [9.17, 15) is 0 Å². The number of benzene rings is 6. The minimum atomic E-state index is -0.0561. The largest absolute Gasteiger partial charge is 0.278 e. The molecule has 8 aromatic rings. The zero-order valence-electron chi connectivity index (χ0n) is 24.6. The van der Waals surface area contributed by atoms with Crippen molar-refractivity contribution < 1.29 is 0 Å². The molecular formula is C41H29N3. The van der Waals surface area contributed by atoms with Crippen LogP contribution < -0.4 is 0 Å². The summed E-state index contributed by atoms with van der Waals surface area (Å²) in [6.07, 6.45) is 0. The van der Waals surface area contributed by atoms with Crippen molar-refractivity contribution in [2.45, 2.75) is 19.3 Å². The minimum absolute atomic E-state index is 0.0561. The summed E-state index contributed by atoms with van der Waals surface area (Å²) in [7, 11) is 0. The van der Waals surface area contributed by atoms with Gasteiger partial charge in [-0.2, -0.15) is 0 Å². The quantitative estimate of drug-likeness (QED) is 0.214. The Hall–Kier alpha value is -5.54. The van der Waals surface area contributed by atoms with Crippen LogP contribution in [0.3, 0.4) is 0 Å². The van der Waals surface area contributed by atoms with Gasteiger partial charge in [-0.15, -0.1) is 0 Å². The molecule has 0 bridgehead atoms. The molecule has 2 aromatic heterocycles. The van der Waals surface area contributed by atoms with Gasteiger partial charge in [-0.3, -0.25) is 4.57 Å². The fraction of sp³-hybridized carbons (Fsp3) is 0.0732. The van der Waals surface area contributed by atoms with Gasteiger partial charge in [-0.1, -0.05) is 129 Å². The van der Waals surface area contributed by atoms with Crippen LogP contribution in [0.2, 0.25) is 0 Å². The van der Waals surface area contributed by atoms with Crippen molar-refractivity contribution in [3.8, 4) is 39.6 Å². The predicted molar refractivity (Wildman–Crippen MR) is 182 cm³/mol. The lowest BCUT2D eigenvalue weighted by molar-refractivity contribution is 0.661. The van der Waals surface area contributed by atoms with E-state index in [1.54, 1.807) is 0 Å². The molecule has 0 saturated heterocycles. The second kappa shape index (κ2) is 9.23. The lowest BCUT2D eigenvalue weighted by atomic mass is 9.82. The predicted octanol–water partition coefficient (Wildman–Crippen LogP) is 10.4. The molecule has 3 heteroatoms. The molecule has 0 spiro atoms. The Morgan fingerprint density at radius 1 is 0.500 bits per heavy atom. The van der Waals surface area contributed by atoms with Crippen molar-refractivity contribution in [1.82, 2.24) is 14.5 Å². The first kappa shape index (κ1) is 25.0. The summed E-state index contributed by atoms with van der Waals surface area (Å²) in [5, 5.41) is 4.91. The molecule has 1 aliphatic rings. The molecule has 0 N–H and O–H groups in total. The van der Waals surface area contributed by atoms with Crippen LogP contribution in [0.4, 0.5) is 0 Å². The fourth-order valence-corrected chi connectivity index (χ4v) is 7.25. The van der Waals surface area contributed by atoms with Gasteiger partial charge in [0.15, 0.2) is 0 Å². The van der Waals surface area contributed by atoms with Crippen molar-refractivity contribution in [3.63, 3.8) is 0 Å². The van der Waals surface area contributed by atoms with Gasteiger partial charge in [-0.05, 0) is 57.3 Å². The summed E-state index contributed by atoms with van der Waals surface area (Å²) in [5.41, 5.74) is 11.5. The van der Waals surface area contributed by atoms with Crippen LogP contribution in [0.5, 0.6) is 0 Å². The maximum atomic E-state index is 5.24. The molecule has 1 aliphatic carbocycles. The van der Waals surface area contributed by atoms with Crippen LogP contribution in [0.1, 0.15) is 25.0 Å². The highest BCUT2D eigenvalue weighted by molar-refractivity contribution is 6.16. The Labute approximate surface area is 256 Å². The molecule has 44 heavy (non-hydrogen) atoms. The van der Waals surface area contributed by atoms with E-state index in [0.29, 0.717) is 5.95 Å². The fourth-order valence-electron chi connectivity index (χ4n) is 7.25. The zero-order valence-corrected chi connectivity index (χ0v) is 24.6. The van der Waals surface area contributed by atoms with Gasteiger partial charge in [0.25, 0.3) is 0 Å². The van der Waals surface area contributed by atoms with E-state index in [-0.39, 0.29) is 5.41 Å². The van der Waals surface area contributed by atoms with E-state index in [1.165, 1.54) is 43.8 Å². The van der Waals surface area contributed by atoms with Crippen LogP contribution >= 0.6 is 0 Å². The first-order chi connectivity index (χ1) is 21.6. The van der Waals surface area contributed by atoms with E-state index >= 15 is 0 Å². The highest BCUT2D eigenvalue weighted by Gasteiger charge is 2.36. The van der Waals surface area contributed by atoms with Crippen LogP contribution in [0.25, 0.3) is 72.2 Å². The molecule has 3 nitrogen and oxygen atoms in total. The average Bonchev–Trinajstić information content (AvgIpc) is 3.52. The van der Waals surface area contributed by atoms with E-state index in [1.807, 2.05) is 12.1 Å². The van der Waals surface area contributed by atoms with Crippen LogP contribution in [-0.2, 0) is 5.41 Å². The van der Waals surface area contributed by atoms with Crippen LogP contribution in [-0.4, -0.2) is 14.5 Å². The first-order valence-electron chi connectivity index (χ1n) is 15.2. The monoisotopic (exact) mass is 563 g/mol. The van der Waals surface area contributed by atoms with E-state index in [4.69, 9.17) is 9.97 Å². The van der Waals surface area contributed by atoms with Crippen molar-refractivity contribution in [1.29, 1.82) is 0 Å². The highest BCUT2D eigenvalue weighted by atomic mass is 15.2. The lowest BCUT2D eigenvalue weighted by Crippen LogP contribution is -2.14. The third-order valence-corrected chi connectivity index (χ3v) is 9.41. The zero-order chi connectivity index (χ0) is 29.4. The normalized spacial score (nSPS) is 13.4. The maximum Gasteiger partial charge on any atom is 0.235 e. The third kappa shape index (κ3) is 3.56. The van der Waals surface area contributed by atoms with Gasteiger partial charge in [0.05, 0.1) is 22.4 Å². The van der Waals surface area contributed by atoms with E-state index in [2.05, 4.69) is 146 Å². The van der Waals surface area contributed by atoms with E-state index in [0.717, 1.165) is 33.5 Å². The summed E-state index contributed by atoms with van der Waals surface area (Å²) in [6, 6.07) is 49.8. The molecule has 0 radical (unpaired) electrons. The van der Waals surface area contributed by atoms with Gasteiger partial charge in [-0.25, -0.2) is 9.97 Å². The van der Waals surface area contributed by atoms with Crippen molar-refractivity contribution in [2.75, 3.05) is 0 Å². The number of nitrogens with zero attached hydrogens (tertiary/aromatic N) is 3. The summed E-state index contributed by atoms with van der Waals surface area (Å²) < 4.78 is 2.26. The van der Waals surface area contributed by atoms with Gasteiger partial charge in [0.1, 0.15) is 0 Å². The number of hydrogen-bond donors (Lipinski definition) is 0. The number of para-hydroxylation sites is 1. The molecule has 0 fully saturated rings. The number of fused-ring (bicyclic) bond motifs is 8. The molecule has 6 aromatic carbocycles. The average molecular weight is 564 g/mol. The Morgan fingerprint density at radius 2 is 1.14 bits per heavy atom. The Balaban J connectivity index is 1.39. The van der Waals surface area contributed by atoms with Gasteiger partial charge in [0, 0.05) is 27.3 Å². The number of hydrogen-bond acceptors (Lipinski definition) is 2. The van der Waals surface area contributed by atoms with Crippen LogP contribution in [0.15, 0.2) is 140 Å². The molecule has 0 unspecified atom stereocenters. The SMILES string of the molecule is CC1(C)c2ccccc2-c2c1ccc1cc3c4ccccc4n(-c4nc(-c5ccccc5)cc(-c5ccccc5)n4)c3cc21. The Bertz CT molecular complexity index is 2340. The van der Waals surface area contributed by atoms with Crippen molar-refractivity contribution in [3.05, 3.63) is 151 Å². The standard InChI is InChI=1S/C41H29N3/c1-41(2)33-19-11-9-18-30(33)39-31-24-38-32(23-28(31)21-22-34(39)41)29-17-10-12-20-37(29)44(38)40-42-35(26-13-5-3-6-14-26)25-36(43-40)27-15-7-4-8-16-27/h3-25H,1-2H3. The summed E-state index contributed by atoms with van der Waals surface area (Å²) >= 11 is 0. The third-order valence-electron chi connectivity index (χ3n) is 9.41. The van der Waals surface area contributed by atoms with Gasteiger partial charge in [0.2, 0.25) is 5.95 Å². The number of aromatic nitrogens is 3. The summed E-state index contributed by atoms with van der Waals surface area (Å²) in [6.45, 7) is 4.68. The summed E-state index contributed by atoms with van der Waals surface area (Å²) in [5.74, 6) is 0.670. The first-order valence-corrected chi connectivity index (χ1v) is 15.2. The molecule has 0 aliphatic heterocycles. The molecule has 0 atom stereocenters. The van der Waals surface area contributed by atoms with Gasteiger partial charge < -0.3 is 0 Å². The van der Waals surface area contributed by atoms with E-state index < -0.39 is 0 Å². The maximum absolute atomic E-state index is 5.24. The topological polar surface area (TPSA) is 30.7 Å². The molecule has 9 rings (SSSR count). The second-order valence-corrected chi connectivity index (χ2v) is 12.3. The van der Waals surface area contributed by atoms with Crippen molar-refractivity contribution in [2.24, 2.45) is 0 Å². The molecule has 0 saturated carbocycles.